The van der Waals surface area contributed by atoms with Gasteiger partial charge in [0, 0.05) is 12.1 Å². The standard InChI is InChI=1S/C13H21NO5S/c1-4-18-12-7-6-11(8-13(12)19-5-2)20(16,17)14-10(3)9-15/h6-8,10,14-15H,4-5,9H2,1-3H3. The molecule has 0 spiro atoms. The summed E-state index contributed by atoms with van der Waals surface area (Å²) in [5, 5.41) is 8.93. The van der Waals surface area contributed by atoms with Crippen LogP contribution in [0.25, 0.3) is 0 Å². The number of benzene rings is 1. The fraction of sp³-hybridized carbons (Fsp3) is 0.538. The second-order valence-corrected chi connectivity index (χ2v) is 5.89. The molecule has 1 atom stereocenters. The van der Waals surface area contributed by atoms with Crippen molar-refractivity contribution in [2.45, 2.75) is 31.7 Å². The highest BCUT2D eigenvalue weighted by atomic mass is 32.2. The molecule has 6 nitrogen and oxygen atoms in total. The van der Waals surface area contributed by atoms with Crippen molar-refractivity contribution in [3.05, 3.63) is 18.2 Å². The monoisotopic (exact) mass is 303 g/mol. The van der Waals surface area contributed by atoms with Gasteiger partial charge in [0.1, 0.15) is 0 Å². The lowest BCUT2D eigenvalue weighted by Gasteiger charge is -2.14. The van der Waals surface area contributed by atoms with Crippen LogP contribution in [0.4, 0.5) is 0 Å². The molecule has 0 saturated carbocycles. The summed E-state index contributed by atoms with van der Waals surface area (Å²) in [5.41, 5.74) is 0. The highest BCUT2D eigenvalue weighted by Gasteiger charge is 2.19. The molecule has 0 fully saturated rings. The van der Waals surface area contributed by atoms with E-state index in [1.807, 2.05) is 13.8 Å². The van der Waals surface area contributed by atoms with Crippen LogP contribution in [0.2, 0.25) is 0 Å². The fourth-order valence-corrected chi connectivity index (χ4v) is 2.82. The lowest BCUT2D eigenvalue weighted by Crippen LogP contribution is -2.35. The Hall–Kier alpha value is -1.31. The smallest absolute Gasteiger partial charge is 0.241 e. The average molecular weight is 303 g/mol. The number of aliphatic hydroxyl groups excluding tert-OH is 1. The first-order valence-corrected chi connectivity index (χ1v) is 7.95. The zero-order valence-electron chi connectivity index (χ0n) is 11.9. The molecule has 1 aromatic carbocycles. The first-order chi connectivity index (χ1) is 9.44. The van der Waals surface area contributed by atoms with Gasteiger partial charge >= 0.3 is 0 Å². The van der Waals surface area contributed by atoms with Crippen molar-refractivity contribution >= 4 is 10.0 Å². The Morgan fingerprint density at radius 2 is 1.80 bits per heavy atom. The zero-order valence-corrected chi connectivity index (χ0v) is 12.7. The molecule has 7 heteroatoms. The Bertz CT molecular complexity index is 530. The van der Waals surface area contributed by atoms with Crippen LogP contribution in [0.5, 0.6) is 11.5 Å². The van der Waals surface area contributed by atoms with Gasteiger partial charge in [-0.3, -0.25) is 0 Å². The van der Waals surface area contributed by atoms with Gasteiger partial charge in [-0.1, -0.05) is 0 Å². The predicted molar refractivity (Wildman–Crippen MR) is 75.6 cm³/mol. The highest BCUT2D eigenvalue weighted by Crippen LogP contribution is 2.30. The van der Waals surface area contributed by atoms with Crippen LogP contribution >= 0.6 is 0 Å². The van der Waals surface area contributed by atoms with Crippen LogP contribution in [-0.4, -0.2) is 39.4 Å². The molecule has 1 aromatic rings. The summed E-state index contributed by atoms with van der Waals surface area (Å²) < 4.78 is 37.4. The summed E-state index contributed by atoms with van der Waals surface area (Å²) >= 11 is 0. The molecule has 0 heterocycles. The second kappa shape index (κ2) is 7.47. The van der Waals surface area contributed by atoms with Crippen LogP contribution in [0.15, 0.2) is 23.1 Å². The third kappa shape index (κ3) is 4.36. The van der Waals surface area contributed by atoms with E-state index in [-0.39, 0.29) is 11.5 Å². The number of ether oxygens (including phenoxy) is 2. The van der Waals surface area contributed by atoms with Gasteiger partial charge in [-0.15, -0.1) is 0 Å². The van der Waals surface area contributed by atoms with Gasteiger partial charge in [-0.05, 0) is 32.9 Å². The van der Waals surface area contributed by atoms with E-state index in [1.54, 1.807) is 13.0 Å². The molecule has 2 N–H and O–H groups in total. The Morgan fingerprint density at radius 1 is 1.20 bits per heavy atom. The maximum atomic E-state index is 12.1. The summed E-state index contributed by atoms with van der Waals surface area (Å²) in [6.45, 7) is 5.83. The van der Waals surface area contributed by atoms with Crippen LogP contribution in [0, 0.1) is 0 Å². The maximum Gasteiger partial charge on any atom is 0.241 e. The summed E-state index contributed by atoms with van der Waals surface area (Å²) in [6.07, 6.45) is 0. The summed E-state index contributed by atoms with van der Waals surface area (Å²) in [7, 11) is -3.69. The molecule has 0 aromatic heterocycles. The van der Waals surface area contributed by atoms with E-state index < -0.39 is 16.1 Å². The van der Waals surface area contributed by atoms with Crippen molar-refractivity contribution in [3.8, 4) is 11.5 Å². The Balaban J connectivity index is 3.10. The number of hydrogen-bond acceptors (Lipinski definition) is 5. The van der Waals surface area contributed by atoms with Gasteiger partial charge in [0.05, 0.1) is 24.7 Å². The first-order valence-electron chi connectivity index (χ1n) is 6.47. The van der Waals surface area contributed by atoms with Crippen LogP contribution in [0.1, 0.15) is 20.8 Å². The minimum absolute atomic E-state index is 0.0738. The van der Waals surface area contributed by atoms with E-state index in [4.69, 9.17) is 14.6 Å². The molecule has 0 aliphatic carbocycles. The highest BCUT2D eigenvalue weighted by molar-refractivity contribution is 7.89. The van der Waals surface area contributed by atoms with E-state index in [0.717, 1.165) is 0 Å². The number of hydrogen-bond donors (Lipinski definition) is 2. The zero-order chi connectivity index (χ0) is 15.2. The van der Waals surface area contributed by atoms with Crippen molar-refractivity contribution in [2.75, 3.05) is 19.8 Å². The normalized spacial score (nSPS) is 13.0. The van der Waals surface area contributed by atoms with Crippen molar-refractivity contribution in [3.63, 3.8) is 0 Å². The van der Waals surface area contributed by atoms with Crippen molar-refractivity contribution in [1.82, 2.24) is 4.72 Å². The quantitative estimate of drug-likeness (QED) is 0.752. The van der Waals surface area contributed by atoms with E-state index in [9.17, 15) is 8.42 Å². The Kier molecular flexibility index (Phi) is 6.25. The van der Waals surface area contributed by atoms with Gasteiger partial charge in [0.2, 0.25) is 10.0 Å². The lowest BCUT2D eigenvalue weighted by atomic mass is 10.3. The van der Waals surface area contributed by atoms with Crippen LogP contribution in [-0.2, 0) is 10.0 Å². The fourth-order valence-electron chi connectivity index (χ4n) is 1.57. The largest absolute Gasteiger partial charge is 0.490 e. The minimum Gasteiger partial charge on any atom is -0.490 e. The van der Waals surface area contributed by atoms with E-state index in [2.05, 4.69) is 4.72 Å². The summed E-state index contributed by atoms with van der Waals surface area (Å²) in [6, 6.07) is 3.87. The molecule has 0 bridgehead atoms. The molecule has 1 rings (SSSR count). The van der Waals surface area contributed by atoms with Crippen molar-refractivity contribution < 1.29 is 23.0 Å². The molecule has 0 radical (unpaired) electrons. The first kappa shape index (κ1) is 16.7. The van der Waals surface area contributed by atoms with E-state index in [0.29, 0.717) is 24.7 Å². The van der Waals surface area contributed by atoms with Crippen molar-refractivity contribution in [2.24, 2.45) is 0 Å². The molecule has 0 aliphatic rings. The number of rotatable bonds is 8. The van der Waals surface area contributed by atoms with Crippen LogP contribution in [0.3, 0.4) is 0 Å². The molecule has 0 saturated heterocycles. The number of sulfonamides is 1. The third-order valence-corrected chi connectivity index (χ3v) is 4.04. The van der Waals surface area contributed by atoms with Gasteiger partial charge in [-0.25, -0.2) is 13.1 Å². The molecule has 114 valence electrons. The van der Waals surface area contributed by atoms with Gasteiger partial charge in [0.15, 0.2) is 11.5 Å². The van der Waals surface area contributed by atoms with E-state index in [1.165, 1.54) is 12.1 Å². The molecule has 0 amide bonds. The number of aliphatic hydroxyl groups is 1. The Labute approximate surface area is 119 Å². The molecule has 0 aliphatic heterocycles. The Morgan fingerprint density at radius 3 is 2.35 bits per heavy atom. The second-order valence-electron chi connectivity index (χ2n) is 4.18. The summed E-state index contributed by atoms with van der Waals surface area (Å²) in [5.74, 6) is 0.886. The predicted octanol–water partition coefficient (Wildman–Crippen LogP) is 1.14. The topological polar surface area (TPSA) is 84.9 Å². The third-order valence-electron chi connectivity index (χ3n) is 2.46. The van der Waals surface area contributed by atoms with E-state index >= 15 is 0 Å². The lowest BCUT2D eigenvalue weighted by molar-refractivity contribution is 0.265. The SMILES string of the molecule is CCOc1ccc(S(=O)(=O)NC(C)CO)cc1OCC. The van der Waals surface area contributed by atoms with Crippen LogP contribution < -0.4 is 14.2 Å². The molecular weight excluding hydrogens is 282 g/mol. The van der Waals surface area contributed by atoms with Crippen molar-refractivity contribution in [1.29, 1.82) is 0 Å². The molecule has 1 unspecified atom stereocenters. The minimum atomic E-state index is -3.69. The van der Waals surface area contributed by atoms with Gasteiger partial charge < -0.3 is 14.6 Å². The summed E-state index contributed by atoms with van der Waals surface area (Å²) in [4.78, 5) is 0.0738. The average Bonchev–Trinajstić information content (AvgIpc) is 2.40. The van der Waals surface area contributed by atoms with Gasteiger partial charge in [-0.2, -0.15) is 0 Å². The molecular formula is C13H21NO5S. The van der Waals surface area contributed by atoms with Gasteiger partial charge in [0.25, 0.3) is 0 Å². The molecule has 20 heavy (non-hydrogen) atoms. The number of nitrogens with one attached hydrogen (secondary N) is 1. The maximum absolute atomic E-state index is 12.1.